The van der Waals surface area contributed by atoms with Gasteiger partial charge in [-0.1, -0.05) is 12.2 Å². The summed E-state index contributed by atoms with van der Waals surface area (Å²) in [6.45, 7) is 1.90. The van der Waals surface area contributed by atoms with Crippen molar-refractivity contribution < 1.29 is 4.79 Å². The molecule has 2 rings (SSSR count). The van der Waals surface area contributed by atoms with Crippen LogP contribution in [0.4, 0.5) is 5.69 Å². The molecule has 2 aromatic heterocycles. The Hall–Kier alpha value is -2.34. The fraction of sp³-hybridized carbons (Fsp3) is 0.0769. The van der Waals surface area contributed by atoms with Crippen molar-refractivity contribution in [1.29, 1.82) is 0 Å². The number of thiocarbonyl (C=S) groups is 1. The molecular formula is C13H12N4OS. The van der Waals surface area contributed by atoms with Crippen LogP contribution in [0.3, 0.4) is 0 Å². The van der Waals surface area contributed by atoms with Gasteiger partial charge in [-0.05, 0) is 30.7 Å². The van der Waals surface area contributed by atoms with Gasteiger partial charge in [-0.25, -0.2) is 0 Å². The summed E-state index contributed by atoms with van der Waals surface area (Å²) in [6.07, 6.45) is 4.77. The van der Waals surface area contributed by atoms with Crippen LogP contribution in [0.15, 0.2) is 36.8 Å². The van der Waals surface area contributed by atoms with Crippen molar-refractivity contribution in [2.24, 2.45) is 5.73 Å². The summed E-state index contributed by atoms with van der Waals surface area (Å²) in [5.74, 6) is -0.304. The van der Waals surface area contributed by atoms with E-state index in [9.17, 15) is 4.79 Å². The Morgan fingerprint density at radius 2 is 2.11 bits per heavy atom. The van der Waals surface area contributed by atoms with E-state index in [4.69, 9.17) is 18.0 Å². The molecule has 0 fully saturated rings. The molecule has 0 bridgehead atoms. The lowest BCUT2D eigenvalue weighted by atomic mass is 10.2. The SMILES string of the molecule is Cc1cncc(NC(=O)c2ccc(C(N)=S)cn2)c1. The summed E-state index contributed by atoms with van der Waals surface area (Å²) >= 11 is 4.82. The first-order valence-electron chi connectivity index (χ1n) is 5.55. The molecule has 6 heteroatoms. The van der Waals surface area contributed by atoms with E-state index < -0.39 is 0 Å². The lowest BCUT2D eigenvalue weighted by molar-refractivity contribution is 0.102. The number of aryl methyl sites for hydroxylation is 1. The maximum atomic E-state index is 11.9. The number of anilines is 1. The number of amides is 1. The van der Waals surface area contributed by atoms with Crippen molar-refractivity contribution in [3.8, 4) is 0 Å². The van der Waals surface area contributed by atoms with Crippen LogP contribution in [-0.2, 0) is 0 Å². The van der Waals surface area contributed by atoms with E-state index in [2.05, 4.69) is 15.3 Å². The highest BCUT2D eigenvalue weighted by molar-refractivity contribution is 7.80. The molecule has 5 nitrogen and oxygen atoms in total. The normalized spacial score (nSPS) is 9.95. The number of nitrogens with one attached hydrogen (secondary N) is 1. The molecule has 0 atom stereocenters. The first-order chi connectivity index (χ1) is 9.06. The molecule has 3 N–H and O–H groups in total. The third-order valence-corrected chi connectivity index (χ3v) is 2.65. The number of carbonyl (C=O) groups is 1. The highest BCUT2D eigenvalue weighted by atomic mass is 32.1. The predicted octanol–water partition coefficient (Wildman–Crippen LogP) is 1.67. The summed E-state index contributed by atoms with van der Waals surface area (Å²) in [4.78, 5) is 20.2. The molecule has 0 saturated carbocycles. The van der Waals surface area contributed by atoms with Crippen LogP contribution in [0.2, 0.25) is 0 Å². The quantitative estimate of drug-likeness (QED) is 0.831. The molecule has 96 valence electrons. The smallest absolute Gasteiger partial charge is 0.274 e. The summed E-state index contributed by atoms with van der Waals surface area (Å²) < 4.78 is 0. The predicted molar refractivity (Wildman–Crippen MR) is 77.1 cm³/mol. The minimum absolute atomic E-state index is 0.252. The highest BCUT2D eigenvalue weighted by Crippen LogP contribution is 2.09. The molecular weight excluding hydrogens is 260 g/mol. The second-order valence-electron chi connectivity index (χ2n) is 4.00. The number of nitrogens with two attached hydrogens (primary N) is 1. The van der Waals surface area contributed by atoms with Gasteiger partial charge in [0.1, 0.15) is 10.7 Å². The molecule has 1 amide bonds. The van der Waals surface area contributed by atoms with Gasteiger partial charge < -0.3 is 11.1 Å². The zero-order valence-electron chi connectivity index (χ0n) is 10.3. The number of nitrogens with zero attached hydrogens (tertiary/aromatic N) is 2. The van der Waals surface area contributed by atoms with Crippen molar-refractivity contribution in [2.75, 3.05) is 5.32 Å². The molecule has 0 unspecified atom stereocenters. The van der Waals surface area contributed by atoms with E-state index in [1.54, 1.807) is 24.5 Å². The van der Waals surface area contributed by atoms with Gasteiger partial charge in [0.25, 0.3) is 5.91 Å². The maximum absolute atomic E-state index is 11.9. The first kappa shape index (κ1) is 13.1. The molecule has 0 spiro atoms. The van der Waals surface area contributed by atoms with E-state index in [0.717, 1.165) is 5.56 Å². The summed E-state index contributed by atoms with van der Waals surface area (Å²) in [7, 11) is 0. The van der Waals surface area contributed by atoms with Gasteiger partial charge in [-0.15, -0.1) is 0 Å². The Bertz CT molecular complexity index is 625. The van der Waals surface area contributed by atoms with Crippen LogP contribution in [0.25, 0.3) is 0 Å². The van der Waals surface area contributed by atoms with Crippen LogP contribution < -0.4 is 11.1 Å². The minimum atomic E-state index is -0.304. The summed E-state index contributed by atoms with van der Waals surface area (Å²) in [5, 5.41) is 2.72. The zero-order valence-corrected chi connectivity index (χ0v) is 11.1. The number of hydrogen-bond acceptors (Lipinski definition) is 4. The molecule has 0 aliphatic carbocycles. The lowest BCUT2D eigenvalue weighted by Gasteiger charge is -2.05. The van der Waals surface area contributed by atoms with E-state index in [1.807, 2.05) is 13.0 Å². The Balaban J connectivity index is 2.14. The van der Waals surface area contributed by atoms with E-state index >= 15 is 0 Å². The number of rotatable bonds is 3. The topological polar surface area (TPSA) is 80.9 Å². The van der Waals surface area contributed by atoms with Crippen molar-refractivity contribution in [3.05, 3.63) is 53.6 Å². The van der Waals surface area contributed by atoms with Crippen LogP contribution in [0.1, 0.15) is 21.6 Å². The van der Waals surface area contributed by atoms with Crippen molar-refractivity contribution in [2.45, 2.75) is 6.92 Å². The largest absolute Gasteiger partial charge is 0.389 e. The number of pyridine rings is 2. The fourth-order valence-corrected chi connectivity index (χ4v) is 1.61. The van der Waals surface area contributed by atoms with Crippen LogP contribution >= 0.6 is 12.2 Å². The van der Waals surface area contributed by atoms with Gasteiger partial charge in [0.15, 0.2) is 0 Å². The molecule has 19 heavy (non-hydrogen) atoms. The van der Waals surface area contributed by atoms with E-state index in [0.29, 0.717) is 16.9 Å². The number of hydrogen-bond donors (Lipinski definition) is 2. The van der Waals surface area contributed by atoms with Gasteiger partial charge in [-0.3, -0.25) is 14.8 Å². The number of aromatic nitrogens is 2. The van der Waals surface area contributed by atoms with Gasteiger partial charge in [0.05, 0.1) is 11.9 Å². The monoisotopic (exact) mass is 272 g/mol. The second kappa shape index (κ2) is 5.53. The lowest BCUT2D eigenvalue weighted by Crippen LogP contribution is -2.15. The van der Waals surface area contributed by atoms with Crippen molar-refractivity contribution >= 4 is 28.8 Å². The summed E-state index contributed by atoms with van der Waals surface area (Å²) in [5.41, 5.74) is 7.98. The standard InChI is InChI=1S/C13H12N4OS/c1-8-4-10(7-15-5-8)17-13(18)11-3-2-9(6-16-11)12(14)19/h2-7H,1H3,(H2,14,19)(H,17,18). The third-order valence-electron chi connectivity index (χ3n) is 2.41. The van der Waals surface area contributed by atoms with Crippen molar-refractivity contribution in [3.63, 3.8) is 0 Å². The average Bonchev–Trinajstić information content (AvgIpc) is 2.39. The van der Waals surface area contributed by atoms with Crippen LogP contribution in [0.5, 0.6) is 0 Å². The molecule has 0 aliphatic rings. The number of carbonyl (C=O) groups excluding carboxylic acids is 1. The Morgan fingerprint density at radius 1 is 1.32 bits per heavy atom. The van der Waals surface area contributed by atoms with Crippen molar-refractivity contribution in [1.82, 2.24) is 9.97 Å². The zero-order chi connectivity index (χ0) is 13.8. The van der Waals surface area contributed by atoms with Gasteiger partial charge in [-0.2, -0.15) is 0 Å². The first-order valence-corrected chi connectivity index (χ1v) is 5.96. The molecule has 2 heterocycles. The Morgan fingerprint density at radius 3 is 2.68 bits per heavy atom. The highest BCUT2D eigenvalue weighted by Gasteiger charge is 2.08. The summed E-state index contributed by atoms with van der Waals surface area (Å²) in [6, 6.07) is 5.07. The van der Waals surface area contributed by atoms with Crippen LogP contribution in [0, 0.1) is 6.92 Å². The van der Waals surface area contributed by atoms with Gasteiger partial charge in [0.2, 0.25) is 0 Å². The van der Waals surface area contributed by atoms with Gasteiger partial charge in [0, 0.05) is 18.0 Å². The molecule has 0 aromatic carbocycles. The minimum Gasteiger partial charge on any atom is -0.389 e. The fourth-order valence-electron chi connectivity index (χ4n) is 1.49. The van der Waals surface area contributed by atoms with Crippen LogP contribution in [-0.4, -0.2) is 20.9 Å². The molecule has 0 saturated heterocycles. The van der Waals surface area contributed by atoms with E-state index in [1.165, 1.54) is 6.20 Å². The maximum Gasteiger partial charge on any atom is 0.274 e. The second-order valence-corrected chi connectivity index (χ2v) is 4.44. The van der Waals surface area contributed by atoms with Gasteiger partial charge >= 0.3 is 0 Å². The molecule has 0 radical (unpaired) electrons. The Labute approximate surface area is 115 Å². The Kier molecular flexibility index (Phi) is 3.82. The third kappa shape index (κ3) is 3.32. The van der Waals surface area contributed by atoms with E-state index in [-0.39, 0.29) is 10.9 Å². The molecule has 2 aromatic rings. The average molecular weight is 272 g/mol. The molecule has 0 aliphatic heterocycles.